The van der Waals surface area contributed by atoms with Gasteiger partial charge in [-0.15, -0.1) is 0 Å². The minimum atomic E-state index is -0.538. The predicted molar refractivity (Wildman–Crippen MR) is 76.7 cm³/mol. The number of carbonyl (C=O) groups is 1. The zero-order chi connectivity index (χ0) is 14.1. The van der Waals surface area contributed by atoms with Crippen molar-refractivity contribution in [3.8, 4) is 16.9 Å². The number of hydrogen-bond acceptors (Lipinski definition) is 3. The summed E-state index contributed by atoms with van der Waals surface area (Å²) in [4.78, 5) is 15.2. The van der Waals surface area contributed by atoms with Crippen molar-refractivity contribution in [3.05, 3.63) is 47.8 Å². The molecule has 2 N–H and O–H groups in total. The van der Waals surface area contributed by atoms with Crippen molar-refractivity contribution in [3.63, 3.8) is 0 Å². The average Bonchev–Trinajstić information content (AvgIpc) is 3.31. The van der Waals surface area contributed by atoms with Crippen molar-refractivity contribution in [2.24, 2.45) is 5.73 Å². The Morgan fingerprint density at radius 1 is 1.30 bits per heavy atom. The van der Waals surface area contributed by atoms with Gasteiger partial charge in [-0.3, -0.25) is 4.79 Å². The minimum Gasteiger partial charge on any atom is -0.494 e. The van der Waals surface area contributed by atoms with Gasteiger partial charge in [-0.2, -0.15) is 0 Å². The van der Waals surface area contributed by atoms with Crippen LogP contribution in [0.5, 0.6) is 5.75 Å². The molecule has 0 spiro atoms. The number of ether oxygens (including phenoxy) is 1. The van der Waals surface area contributed by atoms with Gasteiger partial charge >= 0.3 is 0 Å². The molecule has 1 aliphatic rings. The smallest absolute Gasteiger partial charge is 0.267 e. The Labute approximate surface area is 117 Å². The molecule has 4 nitrogen and oxygen atoms in total. The van der Waals surface area contributed by atoms with E-state index in [0.29, 0.717) is 5.75 Å². The molecule has 1 aromatic carbocycles. The molecule has 4 heteroatoms. The molecule has 3 rings (SSSR count). The van der Waals surface area contributed by atoms with E-state index in [4.69, 9.17) is 10.5 Å². The van der Waals surface area contributed by atoms with Crippen molar-refractivity contribution in [1.82, 2.24) is 4.98 Å². The van der Waals surface area contributed by atoms with Crippen LogP contribution in [0, 0.1) is 0 Å². The number of carbonyl (C=O) groups excluding carboxylic acids is 1. The number of nitrogens with two attached hydrogens (primary N) is 1. The lowest BCUT2D eigenvalue weighted by Gasteiger charge is -2.10. The summed E-state index contributed by atoms with van der Waals surface area (Å²) in [6.45, 7) is 0. The molecule has 0 saturated heterocycles. The molecule has 2 aromatic rings. The molecule has 102 valence electrons. The lowest BCUT2D eigenvalue weighted by Crippen LogP contribution is -2.13. The number of nitrogens with zero attached hydrogens (tertiary/aromatic N) is 1. The van der Waals surface area contributed by atoms with Crippen LogP contribution in [0.25, 0.3) is 11.1 Å². The van der Waals surface area contributed by atoms with Gasteiger partial charge in [0.2, 0.25) is 0 Å². The topological polar surface area (TPSA) is 65.2 Å². The van der Waals surface area contributed by atoms with Gasteiger partial charge in [0.05, 0.1) is 13.3 Å². The molecular formula is C16H16N2O2. The van der Waals surface area contributed by atoms with E-state index < -0.39 is 5.91 Å². The molecule has 1 aromatic heterocycles. The zero-order valence-electron chi connectivity index (χ0n) is 11.3. The van der Waals surface area contributed by atoms with E-state index in [-0.39, 0.29) is 5.69 Å². The third kappa shape index (κ3) is 2.37. The first-order chi connectivity index (χ1) is 9.69. The molecule has 0 bridgehead atoms. The first-order valence-corrected chi connectivity index (χ1v) is 6.63. The van der Waals surface area contributed by atoms with Gasteiger partial charge in [-0.05, 0) is 36.0 Å². The second-order valence-electron chi connectivity index (χ2n) is 5.03. The molecule has 1 heterocycles. The van der Waals surface area contributed by atoms with Crippen LogP contribution in [0.2, 0.25) is 0 Å². The second kappa shape index (κ2) is 4.96. The largest absolute Gasteiger partial charge is 0.494 e. The van der Waals surface area contributed by atoms with Crippen LogP contribution in [0.3, 0.4) is 0 Å². The molecule has 0 radical (unpaired) electrons. The molecule has 0 atom stereocenters. The Bertz CT molecular complexity index is 646. The highest BCUT2D eigenvalue weighted by atomic mass is 16.5. The highest BCUT2D eigenvalue weighted by molar-refractivity contribution is 5.92. The van der Waals surface area contributed by atoms with Gasteiger partial charge in [-0.25, -0.2) is 4.98 Å². The van der Waals surface area contributed by atoms with Crippen LogP contribution in [0.4, 0.5) is 0 Å². The highest BCUT2D eigenvalue weighted by Crippen LogP contribution is 2.41. The van der Waals surface area contributed by atoms with Crippen molar-refractivity contribution >= 4 is 5.91 Å². The van der Waals surface area contributed by atoms with Gasteiger partial charge < -0.3 is 10.5 Å². The van der Waals surface area contributed by atoms with Crippen LogP contribution < -0.4 is 10.5 Å². The summed E-state index contributed by atoms with van der Waals surface area (Å²) in [5.74, 6) is 0.822. The van der Waals surface area contributed by atoms with E-state index in [9.17, 15) is 4.79 Å². The van der Waals surface area contributed by atoms with Gasteiger partial charge in [0.15, 0.2) is 0 Å². The van der Waals surface area contributed by atoms with Crippen molar-refractivity contribution < 1.29 is 9.53 Å². The molecular weight excluding hydrogens is 252 g/mol. The summed E-state index contributed by atoms with van der Waals surface area (Å²) in [6, 6.07) is 10.0. The van der Waals surface area contributed by atoms with E-state index in [2.05, 4.69) is 29.2 Å². The lowest BCUT2D eigenvalue weighted by atomic mass is 10.0. The highest BCUT2D eigenvalue weighted by Gasteiger charge is 2.23. The van der Waals surface area contributed by atoms with E-state index in [1.807, 2.05) is 0 Å². The number of hydrogen-bond donors (Lipinski definition) is 1. The summed E-state index contributed by atoms with van der Waals surface area (Å²) < 4.78 is 5.31. The maximum absolute atomic E-state index is 11.3. The fourth-order valence-corrected chi connectivity index (χ4v) is 2.32. The Hall–Kier alpha value is -2.36. The van der Waals surface area contributed by atoms with Crippen LogP contribution in [0.1, 0.15) is 34.8 Å². The number of primary amides is 1. The van der Waals surface area contributed by atoms with Crippen LogP contribution in [-0.4, -0.2) is 18.0 Å². The summed E-state index contributed by atoms with van der Waals surface area (Å²) in [5, 5.41) is 0. The molecule has 0 unspecified atom stereocenters. The van der Waals surface area contributed by atoms with Gasteiger partial charge in [0.25, 0.3) is 5.91 Å². The first kappa shape index (κ1) is 12.7. The van der Waals surface area contributed by atoms with E-state index in [0.717, 1.165) is 17.0 Å². The Morgan fingerprint density at radius 3 is 2.55 bits per heavy atom. The zero-order valence-corrected chi connectivity index (χ0v) is 11.3. The Kier molecular flexibility index (Phi) is 3.14. The average molecular weight is 268 g/mol. The molecule has 1 saturated carbocycles. The standard InChI is InChI=1S/C16H16N2O2/c1-20-15-9-18-14(16(17)19)8-13(15)12-6-4-11(5-7-12)10-2-3-10/h4-10H,2-3H2,1H3,(H2,17,19). The fraction of sp³-hybridized carbons (Fsp3) is 0.250. The lowest BCUT2D eigenvalue weighted by molar-refractivity contribution is 0.0995. The van der Waals surface area contributed by atoms with Crippen LogP contribution in [-0.2, 0) is 0 Å². The van der Waals surface area contributed by atoms with E-state index in [1.54, 1.807) is 13.2 Å². The van der Waals surface area contributed by atoms with E-state index in [1.165, 1.54) is 24.6 Å². The maximum atomic E-state index is 11.3. The number of rotatable bonds is 4. The first-order valence-electron chi connectivity index (χ1n) is 6.63. The van der Waals surface area contributed by atoms with Gasteiger partial charge in [-0.1, -0.05) is 24.3 Å². The molecule has 0 aliphatic heterocycles. The fourth-order valence-electron chi connectivity index (χ4n) is 2.32. The Morgan fingerprint density at radius 2 is 2.00 bits per heavy atom. The minimum absolute atomic E-state index is 0.243. The van der Waals surface area contributed by atoms with Gasteiger partial charge in [0.1, 0.15) is 11.4 Å². The number of pyridine rings is 1. The molecule has 1 amide bonds. The van der Waals surface area contributed by atoms with Crippen molar-refractivity contribution in [2.45, 2.75) is 18.8 Å². The summed E-state index contributed by atoms with van der Waals surface area (Å²) in [6.07, 6.45) is 4.09. The van der Waals surface area contributed by atoms with Crippen LogP contribution >= 0.6 is 0 Å². The summed E-state index contributed by atoms with van der Waals surface area (Å²) in [5.41, 5.74) is 8.73. The SMILES string of the molecule is COc1cnc(C(N)=O)cc1-c1ccc(C2CC2)cc1. The van der Waals surface area contributed by atoms with Crippen molar-refractivity contribution in [2.75, 3.05) is 7.11 Å². The van der Waals surface area contributed by atoms with Crippen molar-refractivity contribution in [1.29, 1.82) is 0 Å². The second-order valence-corrected chi connectivity index (χ2v) is 5.03. The third-order valence-corrected chi connectivity index (χ3v) is 3.61. The number of benzene rings is 1. The maximum Gasteiger partial charge on any atom is 0.267 e. The molecule has 1 aliphatic carbocycles. The molecule has 1 fully saturated rings. The predicted octanol–water partition coefficient (Wildman–Crippen LogP) is 2.73. The molecule has 20 heavy (non-hydrogen) atoms. The Balaban J connectivity index is 2.02. The van der Waals surface area contributed by atoms with Gasteiger partial charge in [0, 0.05) is 5.56 Å². The quantitative estimate of drug-likeness (QED) is 0.927. The third-order valence-electron chi connectivity index (χ3n) is 3.61. The number of amides is 1. The summed E-state index contributed by atoms with van der Waals surface area (Å²) in [7, 11) is 1.59. The normalized spacial score (nSPS) is 14.1. The van der Waals surface area contributed by atoms with E-state index >= 15 is 0 Å². The number of aromatic nitrogens is 1. The number of methoxy groups -OCH3 is 1. The summed E-state index contributed by atoms with van der Waals surface area (Å²) >= 11 is 0. The monoisotopic (exact) mass is 268 g/mol. The van der Waals surface area contributed by atoms with Crippen LogP contribution in [0.15, 0.2) is 36.5 Å².